The molecule has 1 heterocycles. The van der Waals surface area contributed by atoms with Crippen LogP contribution in [0.25, 0.3) is 0 Å². The zero-order valence-corrected chi connectivity index (χ0v) is 14.0. The minimum Gasteiger partial charge on any atom is -0.423 e. The van der Waals surface area contributed by atoms with Gasteiger partial charge in [0.15, 0.2) is 9.84 Å². The molecule has 0 bridgehead atoms. The Morgan fingerprint density at radius 1 is 1.04 bits per heavy atom. The van der Waals surface area contributed by atoms with Crippen molar-refractivity contribution in [2.24, 2.45) is 0 Å². The molecule has 23 heavy (non-hydrogen) atoms. The molecule has 1 atom stereocenters. The molecule has 2 aromatic carbocycles. The molecule has 1 saturated heterocycles. The van der Waals surface area contributed by atoms with E-state index in [-0.39, 0.29) is 16.8 Å². The van der Waals surface area contributed by atoms with Gasteiger partial charge in [-0.25, -0.2) is 13.2 Å². The number of ether oxygens (including phenoxy) is 1. The number of carbonyl (C=O) groups excluding carboxylic acids is 1. The van der Waals surface area contributed by atoms with Gasteiger partial charge in [0, 0.05) is 10.1 Å². The Hall–Kier alpha value is -1.79. The fraction of sp³-hybridized carbons (Fsp3) is 0.235. The molecule has 0 radical (unpaired) electrons. The molecular formula is C17H16O4S2. The Bertz CT molecular complexity index is 800. The summed E-state index contributed by atoms with van der Waals surface area (Å²) in [6.45, 7) is 0. The Morgan fingerprint density at radius 2 is 1.74 bits per heavy atom. The van der Waals surface area contributed by atoms with E-state index in [4.69, 9.17) is 4.74 Å². The maximum absolute atomic E-state index is 12.4. The summed E-state index contributed by atoms with van der Waals surface area (Å²) in [6.07, 6.45) is 0.620. The molecule has 2 aromatic rings. The van der Waals surface area contributed by atoms with Crippen LogP contribution in [0.15, 0.2) is 59.5 Å². The van der Waals surface area contributed by atoms with Gasteiger partial charge < -0.3 is 4.74 Å². The molecule has 0 N–H and O–H groups in total. The Kier molecular flexibility index (Phi) is 4.73. The van der Waals surface area contributed by atoms with Crippen LogP contribution in [0.2, 0.25) is 0 Å². The molecule has 0 aliphatic carbocycles. The van der Waals surface area contributed by atoms with E-state index >= 15 is 0 Å². The van der Waals surface area contributed by atoms with Crippen molar-refractivity contribution >= 4 is 27.6 Å². The summed E-state index contributed by atoms with van der Waals surface area (Å²) in [5.41, 5.74) is 0.464. The van der Waals surface area contributed by atoms with Gasteiger partial charge in [0.1, 0.15) is 5.75 Å². The summed E-state index contributed by atoms with van der Waals surface area (Å²) in [5, 5.41) is -0.00863. The number of rotatable bonds is 4. The number of hydrogen-bond donors (Lipinski definition) is 0. The number of benzene rings is 2. The fourth-order valence-electron chi connectivity index (χ4n) is 2.42. The molecule has 0 aromatic heterocycles. The predicted molar refractivity (Wildman–Crippen MR) is 90.8 cm³/mol. The SMILES string of the molecule is O=C(Oc1ccccc1)c1ccccc1S[C@H]1CCS(=O)(=O)C1. The largest absolute Gasteiger partial charge is 0.423 e. The van der Waals surface area contributed by atoms with Crippen LogP contribution < -0.4 is 4.74 Å². The number of carbonyl (C=O) groups is 1. The normalized spacial score (nSPS) is 19.4. The second-order valence-electron chi connectivity index (χ2n) is 5.34. The molecule has 0 unspecified atom stereocenters. The molecule has 3 rings (SSSR count). The van der Waals surface area contributed by atoms with Gasteiger partial charge in [0.25, 0.3) is 0 Å². The van der Waals surface area contributed by atoms with Crippen molar-refractivity contribution in [2.75, 3.05) is 11.5 Å². The van der Waals surface area contributed by atoms with Gasteiger partial charge in [-0.15, -0.1) is 11.8 Å². The zero-order chi connectivity index (χ0) is 16.3. The Balaban J connectivity index is 1.76. The molecule has 6 heteroatoms. The van der Waals surface area contributed by atoms with Crippen LogP contribution in [0.3, 0.4) is 0 Å². The van der Waals surface area contributed by atoms with E-state index in [9.17, 15) is 13.2 Å². The first-order valence-electron chi connectivity index (χ1n) is 7.27. The molecular weight excluding hydrogens is 332 g/mol. The molecule has 1 aliphatic rings. The number of hydrogen-bond acceptors (Lipinski definition) is 5. The Labute approximate surface area is 139 Å². The first-order chi connectivity index (χ1) is 11.0. The van der Waals surface area contributed by atoms with Gasteiger partial charge in [-0.3, -0.25) is 0 Å². The van der Waals surface area contributed by atoms with Crippen LogP contribution in [0, 0.1) is 0 Å². The maximum atomic E-state index is 12.4. The van der Waals surface area contributed by atoms with Crippen molar-refractivity contribution in [3.63, 3.8) is 0 Å². The fourth-order valence-corrected chi connectivity index (χ4v) is 6.04. The van der Waals surface area contributed by atoms with Crippen molar-refractivity contribution in [2.45, 2.75) is 16.6 Å². The summed E-state index contributed by atoms with van der Waals surface area (Å²) in [5.74, 6) is 0.446. The van der Waals surface area contributed by atoms with Crippen molar-refractivity contribution in [1.29, 1.82) is 0 Å². The summed E-state index contributed by atoms with van der Waals surface area (Å²) >= 11 is 1.44. The third-order valence-corrected chi connectivity index (χ3v) is 6.87. The van der Waals surface area contributed by atoms with Crippen molar-refractivity contribution in [3.8, 4) is 5.75 Å². The lowest BCUT2D eigenvalue weighted by molar-refractivity contribution is 0.0731. The maximum Gasteiger partial charge on any atom is 0.344 e. The van der Waals surface area contributed by atoms with E-state index in [0.29, 0.717) is 17.7 Å². The second kappa shape index (κ2) is 6.76. The number of para-hydroxylation sites is 1. The van der Waals surface area contributed by atoms with Crippen LogP contribution in [0.4, 0.5) is 0 Å². The van der Waals surface area contributed by atoms with Gasteiger partial charge in [0.2, 0.25) is 0 Å². The van der Waals surface area contributed by atoms with Gasteiger partial charge in [-0.2, -0.15) is 0 Å². The topological polar surface area (TPSA) is 60.4 Å². The quantitative estimate of drug-likeness (QED) is 0.627. The molecule has 0 saturated carbocycles. The summed E-state index contributed by atoms with van der Waals surface area (Å²) in [4.78, 5) is 13.1. The molecule has 1 fully saturated rings. The highest BCUT2D eigenvalue weighted by atomic mass is 32.2. The van der Waals surface area contributed by atoms with E-state index in [1.807, 2.05) is 18.2 Å². The molecule has 0 spiro atoms. The first kappa shape index (κ1) is 16.1. The first-order valence-corrected chi connectivity index (χ1v) is 9.97. The minimum absolute atomic E-state index is 0.00863. The van der Waals surface area contributed by atoms with E-state index in [1.54, 1.807) is 36.4 Å². The zero-order valence-electron chi connectivity index (χ0n) is 12.3. The summed E-state index contributed by atoms with van der Waals surface area (Å²) in [6, 6.07) is 16.0. The number of sulfone groups is 1. The highest BCUT2D eigenvalue weighted by Gasteiger charge is 2.29. The smallest absolute Gasteiger partial charge is 0.344 e. The molecule has 120 valence electrons. The molecule has 1 aliphatic heterocycles. The highest BCUT2D eigenvalue weighted by molar-refractivity contribution is 8.02. The van der Waals surface area contributed by atoms with E-state index in [1.165, 1.54) is 11.8 Å². The standard InChI is InChI=1S/C17H16O4S2/c18-17(21-13-6-2-1-3-7-13)15-8-4-5-9-16(15)22-14-10-11-23(19,20)12-14/h1-9,14H,10-12H2/t14-/m0/s1. The summed E-state index contributed by atoms with van der Waals surface area (Å²) in [7, 11) is -2.93. The monoisotopic (exact) mass is 348 g/mol. The van der Waals surface area contributed by atoms with E-state index < -0.39 is 15.8 Å². The third kappa shape index (κ3) is 4.14. The van der Waals surface area contributed by atoms with Gasteiger partial charge in [0.05, 0.1) is 17.1 Å². The van der Waals surface area contributed by atoms with Gasteiger partial charge in [-0.05, 0) is 30.7 Å². The highest BCUT2D eigenvalue weighted by Crippen LogP contribution is 2.33. The van der Waals surface area contributed by atoms with Crippen LogP contribution in [0.5, 0.6) is 5.75 Å². The minimum atomic E-state index is -2.93. The molecule has 0 amide bonds. The van der Waals surface area contributed by atoms with Crippen molar-refractivity contribution in [1.82, 2.24) is 0 Å². The lowest BCUT2D eigenvalue weighted by Crippen LogP contribution is -2.11. The average Bonchev–Trinajstić information content (AvgIpc) is 2.87. The van der Waals surface area contributed by atoms with E-state index in [0.717, 1.165) is 4.90 Å². The van der Waals surface area contributed by atoms with Crippen LogP contribution in [0.1, 0.15) is 16.8 Å². The van der Waals surface area contributed by atoms with Gasteiger partial charge >= 0.3 is 5.97 Å². The second-order valence-corrected chi connectivity index (χ2v) is 8.91. The number of thioether (sulfide) groups is 1. The summed E-state index contributed by atoms with van der Waals surface area (Å²) < 4.78 is 28.5. The van der Waals surface area contributed by atoms with E-state index in [2.05, 4.69) is 0 Å². The van der Waals surface area contributed by atoms with Crippen molar-refractivity contribution < 1.29 is 17.9 Å². The average molecular weight is 348 g/mol. The van der Waals surface area contributed by atoms with Crippen LogP contribution >= 0.6 is 11.8 Å². The third-order valence-electron chi connectivity index (χ3n) is 3.55. The van der Waals surface area contributed by atoms with Gasteiger partial charge in [-0.1, -0.05) is 30.3 Å². The Morgan fingerprint density at radius 3 is 2.43 bits per heavy atom. The van der Waals surface area contributed by atoms with Crippen molar-refractivity contribution in [3.05, 3.63) is 60.2 Å². The predicted octanol–water partition coefficient (Wildman–Crippen LogP) is 3.19. The molecule has 4 nitrogen and oxygen atoms in total. The van der Waals surface area contributed by atoms with Crippen LogP contribution in [-0.4, -0.2) is 31.1 Å². The lowest BCUT2D eigenvalue weighted by Gasteiger charge is -2.12. The van der Waals surface area contributed by atoms with Crippen LogP contribution in [-0.2, 0) is 9.84 Å². The number of esters is 1. The lowest BCUT2D eigenvalue weighted by atomic mass is 10.2.